The van der Waals surface area contributed by atoms with Crippen molar-refractivity contribution in [3.05, 3.63) is 22.7 Å². The molecule has 0 saturated heterocycles. The lowest BCUT2D eigenvalue weighted by Crippen LogP contribution is -2.51. The predicted molar refractivity (Wildman–Crippen MR) is 81.6 cm³/mol. The maximum atomic E-state index is 12.4. The Morgan fingerprint density at radius 2 is 2.23 bits per heavy atom. The molecule has 1 atom stereocenters. The van der Waals surface area contributed by atoms with Crippen LogP contribution < -0.4 is 15.0 Å². The molecular weight excluding hydrogens is 356 g/mol. The first kappa shape index (κ1) is 16.3. The summed E-state index contributed by atoms with van der Waals surface area (Å²) in [6.45, 7) is 1.61. The van der Waals surface area contributed by atoms with Gasteiger partial charge in [0, 0.05) is 11.5 Å². The molecule has 0 unspecified atom stereocenters. The van der Waals surface area contributed by atoms with Gasteiger partial charge < -0.3 is 19.7 Å². The number of hydrogen-bond acceptors (Lipinski definition) is 5. The number of nitrogens with zero attached hydrogens (tertiary/aromatic N) is 1. The summed E-state index contributed by atoms with van der Waals surface area (Å²) in [4.78, 5) is 36.8. The number of carbonyl (C=O) groups is 3. The quantitative estimate of drug-likeness (QED) is 0.616. The Morgan fingerprint density at radius 3 is 2.91 bits per heavy atom. The van der Waals surface area contributed by atoms with Gasteiger partial charge in [0.05, 0.1) is 12.3 Å². The second-order valence-corrected chi connectivity index (χ2v) is 5.48. The number of likely N-dealkylation sites (N-methyl/N-ethyl adjacent to an activating group) is 1. The fraction of sp³-hybridized carbons (Fsp3) is 0.357. The Labute approximate surface area is 135 Å². The summed E-state index contributed by atoms with van der Waals surface area (Å²) >= 11 is 3.33. The minimum Gasteiger partial charge on any atom is -0.489 e. The molecule has 1 heterocycles. The number of carbonyl (C=O) groups excluding carboxylic acids is 3. The highest BCUT2D eigenvalue weighted by Crippen LogP contribution is 2.33. The average Bonchev–Trinajstić information content (AvgIpc) is 2.60. The number of halogens is 1. The molecule has 1 aromatic rings. The predicted octanol–water partition coefficient (Wildman–Crippen LogP) is 0.852. The van der Waals surface area contributed by atoms with Gasteiger partial charge in [-0.05, 0) is 25.1 Å². The third kappa shape index (κ3) is 3.38. The molecule has 2 rings (SSSR count). The highest BCUT2D eigenvalue weighted by Gasteiger charge is 2.32. The van der Waals surface area contributed by atoms with Crippen LogP contribution in [-0.2, 0) is 19.1 Å². The van der Waals surface area contributed by atoms with Gasteiger partial charge in [-0.25, -0.2) is 4.79 Å². The molecule has 7 nitrogen and oxygen atoms in total. The summed E-state index contributed by atoms with van der Waals surface area (Å²) in [5.41, 5.74) is 0.576. The molecular formula is C14H15BrN2O5. The lowest BCUT2D eigenvalue weighted by molar-refractivity contribution is -0.155. The monoisotopic (exact) mass is 370 g/mol. The smallest absolute Gasteiger partial charge is 0.396 e. The molecule has 0 spiro atoms. The summed E-state index contributed by atoms with van der Waals surface area (Å²) in [6.07, 6.45) is 0. The zero-order valence-corrected chi connectivity index (χ0v) is 13.7. The molecule has 2 amide bonds. The molecule has 0 bridgehead atoms. The van der Waals surface area contributed by atoms with E-state index in [9.17, 15) is 14.4 Å². The van der Waals surface area contributed by atoms with Crippen LogP contribution in [0.2, 0.25) is 0 Å². The molecule has 118 valence electrons. The van der Waals surface area contributed by atoms with Crippen LogP contribution in [0, 0.1) is 0 Å². The van der Waals surface area contributed by atoms with Gasteiger partial charge in [0.15, 0.2) is 0 Å². The minimum atomic E-state index is -1.03. The van der Waals surface area contributed by atoms with E-state index in [1.165, 1.54) is 4.90 Å². The van der Waals surface area contributed by atoms with Crippen LogP contribution >= 0.6 is 15.9 Å². The number of amides is 2. The standard InChI is InChI=1S/C14H15BrN2O5/c1-3-21-14(20)12(18)16-9-7-22-11-5-4-8(15)6-10(11)17(2)13(9)19/h4-6,9H,3,7H2,1-2H3,(H,16,18)/t9-/m0/s1. The van der Waals surface area contributed by atoms with Crippen LogP contribution in [0.15, 0.2) is 22.7 Å². The van der Waals surface area contributed by atoms with Crippen LogP contribution in [0.25, 0.3) is 0 Å². The van der Waals surface area contributed by atoms with Crippen LogP contribution in [0.4, 0.5) is 5.69 Å². The van der Waals surface area contributed by atoms with Gasteiger partial charge in [-0.3, -0.25) is 9.59 Å². The Morgan fingerprint density at radius 1 is 1.50 bits per heavy atom. The van der Waals surface area contributed by atoms with Crippen molar-refractivity contribution in [1.82, 2.24) is 5.32 Å². The van der Waals surface area contributed by atoms with Crippen molar-refractivity contribution >= 4 is 39.4 Å². The molecule has 1 aliphatic heterocycles. The van der Waals surface area contributed by atoms with E-state index in [0.29, 0.717) is 11.4 Å². The van der Waals surface area contributed by atoms with E-state index in [-0.39, 0.29) is 19.1 Å². The lowest BCUT2D eigenvalue weighted by atomic mass is 10.2. The van der Waals surface area contributed by atoms with Crippen LogP contribution in [-0.4, -0.2) is 44.1 Å². The van der Waals surface area contributed by atoms with E-state index in [0.717, 1.165) is 4.47 Å². The Hall–Kier alpha value is -2.09. The third-order valence-corrected chi connectivity index (χ3v) is 3.58. The second-order valence-electron chi connectivity index (χ2n) is 4.57. The summed E-state index contributed by atoms with van der Waals surface area (Å²) < 4.78 is 10.9. The van der Waals surface area contributed by atoms with E-state index in [4.69, 9.17) is 4.74 Å². The SMILES string of the molecule is CCOC(=O)C(=O)N[C@H]1COc2ccc(Br)cc2N(C)C1=O. The van der Waals surface area contributed by atoms with E-state index in [1.54, 1.807) is 32.2 Å². The molecule has 1 aliphatic rings. The van der Waals surface area contributed by atoms with Gasteiger partial charge in [-0.15, -0.1) is 0 Å². The van der Waals surface area contributed by atoms with Gasteiger partial charge in [-0.1, -0.05) is 15.9 Å². The molecule has 0 aliphatic carbocycles. The first-order valence-corrected chi connectivity index (χ1v) is 7.41. The van der Waals surface area contributed by atoms with Crippen LogP contribution in [0.5, 0.6) is 5.75 Å². The number of nitrogens with one attached hydrogen (secondary N) is 1. The van der Waals surface area contributed by atoms with Crippen LogP contribution in [0.1, 0.15) is 6.92 Å². The molecule has 8 heteroatoms. The average molecular weight is 371 g/mol. The van der Waals surface area contributed by atoms with E-state index < -0.39 is 17.9 Å². The third-order valence-electron chi connectivity index (χ3n) is 3.08. The maximum Gasteiger partial charge on any atom is 0.396 e. The van der Waals surface area contributed by atoms with Crippen molar-refractivity contribution in [3.8, 4) is 5.75 Å². The number of ether oxygens (including phenoxy) is 2. The second kappa shape index (κ2) is 6.78. The summed E-state index contributed by atoms with van der Waals surface area (Å²) in [5.74, 6) is -1.85. The first-order chi connectivity index (χ1) is 10.4. The van der Waals surface area contributed by atoms with Gasteiger partial charge in [-0.2, -0.15) is 0 Å². The van der Waals surface area contributed by atoms with Crippen molar-refractivity contribution in [3.63, 3.8) is 0 Å². The Balaban J connectivity index is 2.16. The molecule has 0 aromatic heterocycles. The largest absolute Gasteiger partial charge is 0.489 e. The number of hydrogen-bond donors (Lipinski definition) is 1. The van der Waals surface area contributed by atoms with Gasteiger partial charge in [0.25, 0.3) is 5.91 Å². The van der Waals surface area contributed by atoms with Crippen molar-refractivity contribution in [2.24, 2.45) is 0 Å². The highest BCUT2D eigenvalue weighted by molar-refractivity contribution is 9.10. The number of benzene rings is 1. The number of anilines is 1. The summed E-state index contributed by atoms with van der Waals surface area (Å²) in [7, 11) is 1.58. The topological polar surface area (TPSA) is 84.9 Å². The van der Waals surface area contributed by atoms with E-state index in [2.05, 4.69) is 26.0 Å². The van der Waals surface area contributed by atoms with Crippen molar-refractivity contribution in [1.29, 1.82) is 0 Å². The lowest BCUT2D eigenvalue weighted by Gasteiger charge is -2.20. The molecule has 0 saturated carbocycles. The van der Waals surface area contributed by atoms with Gasteiger partial charge in [0.2, 0.25) is 0 Å². The number of esters is 1. The Kier molecular flexibility index (Phi) is 5.02. The number of rotatable bonds is 2. The highest BCUT2D eigenvalue weighted by atomic mass is 79.9. The fourth-order valence-corrected chi connectivity index (χ4v) is 2.34. The Bertz CT molecular complexity index is 619. The zero-order chi connectivity index (χ0) is 16.3. The van der Waals surface area contributed by atoms with Crippen LogP contribution in [0.3, 0.4) is 0 Å². The summed E-state index contributed by atoms with van der Waals surface area (Å²) in [5, 5.41) is 2.33. The molecule has 1 N–H and O–H groups in total. The van der Waals surface area contributed by atoms with Crippen molar-refractivity contribution in [2.45, 2.75) is 13.0 Å². The minimum absolute atomic E-state index is 0.0665. The molecule has 0 radical (unpaired) electrons. The molecule has 22 heavy (non-hydrogen) atoms. The normalized spacial score (nSPS) is 17.1. The fourth-order valence-electron chi connectivity index (χ4n) is 1.99. The molecule has 0 fully saturated rings. The van der Waals surface area contributed by atoms with E-state index >= 15 is 0 Å². The molecule has 1 aromatic carbocycles. The number of fused-ring (bicyclic) bond motifs is 1. The summed E-state index contributed by atoms with van der Waals surface area (Å²) in [6, 6.07) is 4.28. The zero-order valence-electron chi connectivity index (χ0n) is 12.1. The van der Waals surface area contributed by atoms with Crippen molar-refractivity contribution < 1.29 is 23.9 Å². The van der Waals surface area contributed by atoms with E-state index in [1.807, 2.05) is 0 Å². The van der Waals surface area contributed by atoms with Gasteiger partial charge in [0.1, 0.15) is 18.4 Å². The van der Waals surface area contributed by atoms with Gasteiger partial charge >= 0.3 is 11.9 Å². The maximum absolute atomic E-state index is 12.4. The van der Waals surface area contributed by atoms with Crippen molar-refractivity contribution in [2.75, 3.05) is 25.2 Å². The first-order valence-electron chi connectivity index (χ1n) is 6.61.